The van der Waals surface area contributed by atoms with Gasteiger partial charge < -0.3 is 14.0 Å². The summed E-state index contributed by atoms with van der Waals surface area (Å²) in [6.07, 6.45) is 2.50. The third-order valence-electron chi connectivity index (χ3n) is 4.95. The van der Waals surface area contributed by atoms with Gasteiger partial charge in [0.15, 0.2) is 5.82 Å². The molecule has 2 aromatic heterocycles. The first kappa shape index (κ1) is 15.8. The number of hydrogen-bond acceptors (Lipinski definition) is 5. The quantitative estimate of drug-likeness (QED) is 0.733. The summed E-state index contributed by atoms with van der Waals surface area (Å²) in [7, 11) is 1.98. The molecule has 0 spiro atoms. The molecular formula is C18H21N5O2. The molecule has 1 aliphatic heterocycles. The Hall–Kier alpha value is -2.70. The molecule has 25 heavy (non-hydrogen) atoms. The Balaban J connectivity index is 1.65. The van der Waals surface area contributed by atoms with Gasteiger partial charge in [-0.25, -0.2) is 4.98 Å². The molecule has 0 bridgehead atoms. The fraction of sp³-hybridized carbons (Fsp3) is 0.444. The van der Waals surface area contributed by atoms with Crippen LogP contribution in [0.2, 0.25) is 0 Å². The minimum Gasteiger partial charge on any atom is -0.339 e. The van der Waals surface area contributed by atoms with E-state index in [4.69, 9.17) is 4.52 Å². The van der Waals surface area contributed by atoms with Gasteiger partial charge in [0.05, 0.1) is 17.1 Å². The highest BCUT2D eigenvalue weighted by Gasteiger charge is 2.34. The minimum atomic E-state index is -0.113. The second-order valence-corrected chi connectivity index (χ2v) is 6.48. The minimum absolute atomic E-state index is 0.00412. The monoisotopic (exact) mass is 339 g/mol. The smallest absolute Gasteiger partial charge is 0.254 e. The summed E-state index contributed by atoms with van der Waals surface area (Å²) in [5, 5.41) is 4.06. The van der Waals surface area contributed by atoms with Crippen LogP contribution in [-0.4, -0.2) is 37.0 Å². The van der Waals surface area contributed by atoms with Gasteiger partial charge in [-0.1, -0.05) is 12.1 Å². The number of amides is 1. The van der Waals surface area contributed by atoms with Gasteiger partial charge in [-0.3, -0.25) is 4.79 Å². The normalized spacial score (nSPS) is 17.6. The lowest BCUT2D eigenvalue weighted by atomic mass is 10.1. The van der Waals surface area contributed by atoms with Crippen molar-refractivity contribution in [1.82, 2.24) is 24.6 Å². The van der Waals surface area contributed by atoms with Gasteiger partial charge in [0.2, 0.25) is 5.89 Å². The summed E-state index contributed by atoms with van der Waals surface area (Å²) >= 11 is 0. The topological polar surface area (TPSA) is 77.1 Å². The van der Waals surface area contributed by atoms with Crippen LogP contribution < -0.4 is 0 Å². The number of carbonyl (C=O) groups is 1. The SMILES string of the molecule is CCc1nc([C@@H]2CCCN2C(=O)c2ccc3c(c2)nc(C)n3C)no1. The fourth-order valence-electron chi connectivity index (χ4n) is 3.44. The Kier molecular flexibility index (Phi) is 3.78. The third kappa shape index (κ3) is 2.59. The van der Waals surface area contributed by atoms with E-state index in [1.54, 1.807) is 0 Å². The lowest BCUT2D eigenvalue weighted by Gasteiger charge is -2.22. The number of rotatable bonds is 3. The van der Waals surface area contributed by atoms with Crippen LogP contribution in [0, 0.1) is 6.92 Å². The number of likely N-dealkylation sites (tertiary alicyclic amines) is 1. The van der Waals surface area contributed by atoms with E-state index in [2.05, 4.69) is 15.1 Å². The van der Waals surface area contributed by atoms with Crippen LogP contribution in [0.1, 0.15) is 53.7 Å². The summed E-state index contributed by atoms with van der Waals surface area (Å²) in [4.78, 5) is 23.8. The summed E-state index contributed by atoms with van der Waals surface area (Å²) < 4.78 is 7.24. The highest BCUT2D eigenvalue weighted by Crippen LogP contribution is 2.32. The maximum Gasteiger partial charge on any atom is 0.254 e. The van der Waals surface area contributed by atoms with E-state index in [1.807, 2.05) is 48.6 Å². The molecule has 1 aromatic carbocycles. The van der Waals surface area contributed by atoms with Crippen molar-refractivity contribution in [2.45, 2.75) is 39.2 Å². The summed E-state index contributed by atoms with van der Waals surface area (Å²) in [5.41, 5.74) is 2.52. The molecule has 3 aromatic rings. The average Bonchev–Trinajstić information content (AvgIpc) is 3.33. The number of benzene rings is 1. The van der Waals surface area contributed by atoms with Crippen LogP contribution in [0.3, 0.4) is 0 Å². The van der Waals surface area contributed by atoms with Crippen molar-refractivity contribution in [3.05, 3.63) is 41.3 Å². The summed E-state index contributed by atoms with van der Waals surface area (Å²) in [6.45, 7) is 4.64. The van der Waals surface area contributed by atoms with E-state index in [-0.39, 0.29) is 11.9 Å². The van der Waals surface area contributed by atoms with Crippen molar-refractivity contribution in [3.63, 3.8) is 0 Å². The highest BCUT2D eigenvalue weighted by molar-refractivity contribution is 5.97. The molecular weight excluding hydrogens is 318 g/mol. The third-order valence-corrected chi connectivity index (χ3v) is 4.95. The summed E-state index contributed by atoms with van der Waals surface area (Å²) in [6, 6.07) is 5.58. The molecule has 1 atom stereocenters. The molecule has 4 rings (SSSR count). The predicted octanol–water partition coefficient (Wildman–Crippen LogP) is 2.80. The Morgan fingerprint density at radius 3 is 2.96 bits per heavy atom. The molecule has 0 N–H and O–H groups in total. The van der Waals surface area contributed by atoms with Crippen molar-refractivity contribution in [2.24, 2.45) is 7.05 Å². The zero-order chi connectivity index (χ0) is 17.6. The average molecular weight is 339 g/mol. The lowest BCUT2D eigenvalue weighted by Crippen LogP contribution is -2.31. The Morgan fingerprint density at radius 1 is 1.36 bits per heavy atom. The lowest BCUT2D eigenvalue weighted by molar-refractivity contribution is 0.0728. The number of fused-ring (bicyclic) bond motifs is 1. The summed E-state index contributed by atoms with van der Waals surface area (Å²) in [5.74, 6) is 2.14. The van der Waals surface area contributed by atoms with Crippen LogP contribution in [0.25, 0.3) is 11.0 Å². The first-order valence-electron chi connectivity index (χ1n) is 8.65. The Bertz CT molecular complexity index is 942. The molecule has 7 nitrogen and oxygen atoms in total. The van der Waals surface area contributed by atoms with Crippen LogP contribution in [-0.2, 0) is 13.5 Å². The van der Waals surface area contributed by atoms with Gasteiger partial charge >= 0.3 is 0 Å². The van der Waals surface area contributed by atoms with Crippen LogP contribution in [0.4, 0.5) is 0 Å². The Morgan fingerprint density at radius 2 is 2.20 bits per heavy atom. The van der Waals surface area contributed by atoms with E-state index in [0.717, 1.165) is 29.7 Å². The number of hydrogen-bond donors (Lipinski definition) is 0. The molecule has 1 fully saturated rings. The van der Waals surface area contributed by atoms with Gasteiger partial charge in [0.1, 0.15) is 5.82 Å². The van der Waals surface area contributed by atoms with Crippen molar-refractivity contribution in [2.75, 3.05) is 6.54 Å². The van der Waals surface area contributed by atoms with Gasteiger partial charge in [-0.05, 0) is 38.0 Å². The molecule has 3 heterocycles. The van der Waals surface area contributed by atoms with Crippen molar-refractivity contribution in [3.8, 4) is 0 Å². The standard InChI is InChI=1S/C18H21N5O2/c1-4-16-20-17(21-25-16)15-6-5-9-23(15)18(24)12-7-8-14-13(10-12)19-11(2)22(14)3/h7-8,10,15H,4-6,9H2,1-3H3/t15-/m0/s1. The number of aromatic nitrogens is 4. The largest absolute Gasteiger partial charge is 0.339 e. The van der Waals surface area contributed by atoms with Crippen molar-refractivity contribution < 1.29 is 9.32 Å². The van der Waals surface area contributed by atoms with Gasteiger partial charge in [0.25, 0.3) is 5.91 Å². The molecule has 0 unspecified atom stereocenters. The van der Waals surface area contributed by atoms with Crippen LogP contribution in [0.5, 0.6) is 0 Å². The zero-order valence-corrected chi connectivity index (χ0v) is 14.7. The van der Waals surface area contributed by atoms with Crippen molar-refractivity contribution >= 4 is 16.9 Å². The van der Waals surface area contributed by atoms with Crippen LogP contribution in [0.15, 0.2) is 22.7 Å². The second kappa shape index (κ2) is 5.98. The van der Waals surface area contributed by atoms with Crippen molar-refractivity contribution in [1.29, 1.82) is 0 Å². The number of nitrogens with zero attached hydrogens (tertiary/aromatic N) is 5. The fourth-order valence-corrected chi connectivity index (χ4v) is 3.44. The highest BCUT2D eigenvalue weighted by atomic mass is 16.5. The molecule has 0 radical (unpaired) electrons. The first-order chi connectivity index (χ1) is 12.1. The number of aryl methyl sites for hydroxylation is 3. The number of imidazole rings is 1. The molecule has 0 saturated carbocycles. The molecule has 1 saturated heterocycles. The first-order valence-corrected chi connectivity index (χ1v) is 8.65. The van der Waals surface area contributed by atoms with Crippen LogP contribution >= 0.6 is 0 Å². The number of carbonyl (C=O) groups excluding carboxylic acids is 1. The Labute approximate surface area is 145 Å². The van der Waals surface area contributed by atoms with Gasteiger partial charge in [-0.15, -0.1) is 0 Å². The zero-order valence-electron chi connectivity index (χ0n) is 14.7. The maximum absolute atomic E-state index is 13.0. The van der Waals surface area contributed by atoms with E-state index in [9.17, 15) is 4.79 Å². The molecule has 7 heteroatoms. The second-order valence-electron chi connectivity index (χ2n) is 6.48. The molecule has 1 aliphatic rings. The van der Waals surface area contributed by atoms with E-state index in [0.29, 0.717) is 30.2 Å². The van der Waals surface area contributed by atoms with E-state index in [1.165, 1.54) is 0 Å². The van der Waals surface area contributed by atoms with Gasteiger partial charge in [0, 0.05) is 25.6 Å². The van der Waals surface area contributed by atoms with E-state index < -0.39 is 0 Å². The molecule has 1 amide bonds. The van der Waals surface area contributed by atoms with Gasteiger partial charge in [-0.2, -0.15) is 4.98 Å². The molecule has 130 valence electrons. The van der Waals surface area contributed by atoms with E-state index >= 15 is 0 Å². The molecule has 0 aliphatic carbocycles. The maximum atomic E-state index is 13.0. The predicted molar refractivity (Wildman–Crippen MR) is 92.1 cm³/mol.